The summed E-state index contributed by atoms with van der Waals surface area (Å²) in [5.74, 6) is 0. The van der Waals surface area contributed by atoms with Crippen LogP contribution >= 0.6 is 0 Å². The van der Waals surface area contributed by atoms with Crippen molar-refractivity contribution in [3.05, 3.63) is 35.2 Å². The summed E-state index contributed by atoms with van der Waals surface area (Å²) in [6.07, 6.45) is 5.54. The maximum absolute atomic E-state index is 2.38. The highest BCUT2D eigenvalue weighted by Crippen LogP contribution is 2.15. The third kappa shape index (κ3) is 0.970. The lowest BCUT2D eigenvalue weighted by Gasteiger charge is -2.02. The molecule has 2 rings (SSSR count). The van der Waals surface area contributed by atoms with Gasteiger partial charge in [0.15, 0.2) is 11.4 Å². The molecule has 1 aliphatic carbocycles. The minimum absolute atomic E-state index is 1.08. The number of hydrogen-bond donors (Lipinski definition) is 0. The van der Waals surface area contributed by atoms with Crippen molar-refractivity contribution < 1.29 is 4.57 Å². The van der Waals surface area contributed by atoms with Crippen molar-refractivity contribution in [2.45, 2.75) is 26.8 Å². The standard InChI is InChI=1S/C11H14N/c1-3-12-9(2)7-8-10-5-4-6-11(10)12/h4-5,7-8H,3,6H2,1-2H3/q+1. The minimum atomic E-state index is 1.08. The van der Waals surface area contributed by atoms with Crippen LogP contribution in [0.3, 0.4) is 0 Å². The fourth-order valence-electron chi connectivity index (χ4n) is 1.88. The van der Waals surface area contributed by atoms with Crippen LogP contribution in [-0.2, 0) is 13.0 Å². The first-order valence-electron chi connectivity index (χ1n) is 4.52. The number of hydrogen-bond acceptors (Lipinski definition) is 0. The number of rotatable bonds is 1. The SMILES string of the molecule is CC[n+]1c(C)ccc2c1CC=C2. The van der Waals surface area contributed by atoms with E-state index in [9.17, 15) is 0 Å². The lowest BCUT2D eigenvalue weighted by atomic mass is 10.2. The second kappa shape index (κ2) is 2.74. The molecule has 0 saturated heterocycles. The topological polar surface area (TPSA) is 3.88 Å². The molecule has 0 radical (unpaired) electrons. The van der Waals surface area contributed by atoms with Crippen molar-refractivity contribution in [3.8, 4) is 0 Å². The molecule has 0 spiro atoms. The van der Waals surface area contributed by atoms with Crippen LogP contribution in [0.4, 0.5) is 0 Å². The van der Waals surface area contributed by atoms with Gasteiger partial charge in [-0.15, -0.1) is 0 Å². The molecule has 0 aliphatic heterocycles. The fraction of sp³-hybridized carbons (Fsp3) is 0.364. The van der Waals surface area contributed by atoms with Gasteiger partial charge in [0.2, 0.25) is 0 Å². The first kappa shape index (κ1) is 7.53. The van der Waals surface area contributed by atoms with E-state index in [0.29, 0.717) is 0 Å². The van der Waals surface area contributed by atoms with Crippen LogP contribution in [0.1, 0.15) is 23.9 Å². The van der Waals surface area contributed by atoms with Crippen LogP contribution in [0.2, 0.25) is 0 Å². The highest BCUT2D eigenvalue weighted by Gasteiger charge is 2.17. The molecule has 1 nitrogen and oxygen atoms in total. The molecule has 1 heterocycles. The number of allylic oxidation sites excluding steroid dienone is 1. The van der Waals surface area contributed by atoms with Gasteiger partial charge in [-0.3, -0.25) is 0 Å². The average molecular weight is 160 g/mol. The smallest absolute Gasteiger partial charge is 0.192 e. The Hall–Kier alpha value is -1.11. The Labute approximate surface area is 73.4 Å². The largest absolute Gasteiger partial charge is 0.200 e. The van der Waals surface area contributed by atoms with E-state index >= 15 is 0 Å². The molecule has 0 atom stereocenters. The van der Waals surface area contributed by atoms with Crippen LogP contribution in [0.5, 0.6) is 0 Å². The second-order valence-electron chi connectivity index (χ2n) is 3.23. The van der Waals surface area contributed by atoms with Crippen molar-refractivity contribution in [3.63, 3.8) is 0 Å². The van der Waals surface area contributed by atoms with Gasteiger partial charge in [0, 0.05) is 18.6 Å². The van der Waals surface area contributed by atoms with Crippen LogP contribution in [0.25, 0.3) is 6.08 Å². The normalized spacial score (nSPS) is 13.5. The van der Waals surface area contributed by atoms with Crippen LogP contribution in [0.15, 0.2) is 18.2 Å². The van der Waals surface area contributed by atoms with E-state index < -0.39 is 0 Å². The summed E-state index contributed by atoms with van der Waals surface area (Å²) in [5.41, 5.74) is 4.22. The van der Waals surface area contributed by atoms with Crippen LogP contribution in [0, 0.1) is 6.92 Å². The van der Waals surface area contributed by atoms with Gasteiger partial charge >= 0.3 is 0 Å². The molecular formula is C11H14N+. The van der Waals surface area contributed by atoms with Crippen molar-refractivity contribution in [1.29, 1.82) is 0 Å². The van der Waals surface area contributed by atoms with E-state index in [1.54, 1.807) is 0 Å². The van der Waals surface area contributed by atoms with E-state index in [4.69, 9.17) is 0 Å². The van der Waals surface area contributed by atoms with Gasteiger partial charge in [-0.05, 0) is 13.0 Å². The van der Waals surface area contributed by atoms with E-state index in [0.717, 1.165) is 13.0 Å². The molecule has 0 amide bonds. The summed E-state index contributed by atoms with van der Waals surface area (Å²) in [4.78, 5) is 0. The Kier molecular flexibility index (Phi) is 1.72. The Bertz CT molecular complexity index is 337. The van der Waals surface area contributed by atoms with E-state index in [1.807, 2.05) is 0 Å². The average Bonchev–Trinajstić information content (AvgIpc) is 2.52. The zero-order valence-corrected chi connectivity index (χ0v) is 7.67. The summed E-state index contributed by atoms with van der Waals surface area (Å²) in [5, 5.41) is 0. The highest BCUT2D eigenvalue weighted by atomic mass is 15.0. The third-order valence-electron chi connectivity index (χ3n) is 2.51. The lowest BCUT2D eigenvalue weighted by molar-refractivity contribution is -0.706. The molecule has 0 unspecified atom stereocenters. The predicted octanol–water partition coefficient (Wildman–Crippen LogP) is 1.87. The monoisotopic (exact) mass is 160 g/mol. The van der Waals surface area contributed by atoms with E-state index in [1.165, 1.54) is 17.0 Å². The molecule has 0 aromatic carbocycles. The summed E-state index contributed by atoms with van der Waals surface area (Å²) in [7, 11) is 0. The Morgan fingerprint density at radius 2 is 2.25 bits per heavy atom. The van der Waals surface area contributed by atoms with Crippen LogP contribution < -0.4 is 4.57 Å². The zero-order chi connectivity index (χ0) is 8.55. The number of pyridine rings is 1. The highest BCUT2D eigenvalue weighted by molar-refractivity contribution is 5.56. The van der Waals surface area contributed by atoms with Crippen molar-refractivity contribution in [2.24, 2.45) is 0 Å². The second-order valence-corrected chi connectivity index (χ2v) is 3.23. The molecule has 0 bridgehead atoms. The fourth-order valence-corrected chi connectivity index (χ4v) is 1.88. The van der Waals surface area contributed by atoms with Gasteiger partial charge in [-0.25, -0.2) is 0 Å². The maximum Gasteiger partial charge on any atom is 0.192 e. The number of fused-ring (bicyclic) bond motifs is 1. The van der Waals surface area contributed by atoms with Crippen LogP contribution in [-0.4, -0.2) is 0 Å². The molecule has 1 aliphatic rings. The summed E-state index contributed by atoms with van der Waals surface area (Å²) >= 11 is 0. The molecule has 1 aromatic heterocycles. The number of nitrogens with zero attached hydrogens (tertiary/aromatic N) is 1. The van der Waals surface area contributed by atoms with Gasteiger partial charge in [-0.2, -0.15) is 4.57 Å². The minimum Gasteiger partial charge on any atom is -0.200 e. The number of aryl methyl sites for hydroxylation is 1. The molecule has 62 valence electrons. The van der Waals surface area contributed by atoms with E-state index in [2.05, 4.69) is 42.7 Å². The van der Waals surface area contributed by atoms with Crippen molar-refractivity contribution >= 4 is 6.08 Å². The first-order chi connectivity index (χ1) is 5.83. The Morgan fingerprint density at radius 1 is 1.42 bits per heavy atom. The van der Waals surface area contributed by atoms with Gasteiger partial charge in [0.1, 0.15) is 6.54 Å². The van der Waals surface area contributed by atoms with Gasteiger partial charge in [0.05, 0.1) is 6.42 Å². The summed E-state index contributed by atoms with van der Waals surface area (Å²) in [6, 6.07) is 4.40. The number of aromatic nitrogens is 1. The molecule has 1 heteroatoms. The Morgan fingerprint density at radius 3 is 3.00 bits per heavy atom. The molecule has 1 aromatic rings. The quantitative estimate of drug-likeness (QED) is 0.552. The molecule has 12 heavy (non-hydrogen) atoms. The van der Waals surface area contributed by atoms with Gasteiger partial charge in [-0.1, -0.05) is 12.2 Å². The molecular weight excluding hydrogens is 146 g/mol. The Balaban J connectivity index is 2.61. The van der Waals surface area contributed by atoms with Gasteiger partial charge in [0.25, 0.3) is 0 Å². The third-order valence-corrected chi connectivity index (χ3v) is 2.51. The molecule has 0 saturated carbocycles. The zero-order valence-electron chi connectivity index (χ0n) is 7.67. The first-order valence-corrected chi connectivity index (χ1v) is 4.52. The van der Waals surface area contributed by atoms with E-state index in [-0.39, 0.29) is 0 Å². The summed E-state index contributed by atoms with van der Waals surface area (Å²) in [6.45, 7) is 5.45. The van der Waals surface area contributed by atoms with Crippen molar-refractivity contribution in [1.82, 2.24) is 0 Å². The van der Waals surface area contributed by atoms with Gasteiger partial charge < -0.3 is 0 Å². The lowest BCUT2D eigenvalue weighted by Crippen LogP contribution is -2.40. The summed E-state index contributed by atoms with van der Waals surface area (Å²) < 4.78 is 2.38. The predicted molar refractivity (Wildman–Crippen MR) is 49.8 cm³/mol. The van der Waals surface area contributed by atoms with Crippen molar-refractivity contribution in [2.75, 3.05) is 0 Å². The maximum atomic E-state index is 2.38. The molecule has 0 N–H and O–H groups in total. The molecule has 0 fully saturated rings.